The van der Waals surface area contributed by atoms with E-state index in [9.17, 15) is 13.2 Å². The number of fused-ring (bicyclic) bond motifs is 1. The summed E-state index contributed by atoms with van der Waals surface area (Å²) in [5.74, 6) is 0.361. The van der Waals surface area contributed by atoms with Crippen LogP contribution in [0.5, 0.6) is 0 Å². The highest BCUT2D eigenvalue weighted by Crippen LogP contribution is 2.27. The second kappa shape index (κ2) is 7.60. The molecule has 2 fully saturated rings. The van der Waals surface area contributed by atoms with Crippen LogP contribution >= 0.6 is 0 Å². The standard InChI is InChI=1S/C21H26N2O3S/c24-21(18-7-2-1-3-8-18)22-12-14-23(15-13-22)27(25,26)20-11-10-17-6-4-5-9-19(17)16-20/h4-6,9-11,16,18H,1-3,7-8,12-15H2. The van der Waals surface area contributed by atoms with Gasteiger partial charge < -0.3 is 4.90 Å². The maximum atomic E-state index is 13.0. The molecule has 27 heavy (non-hydrogen) atoms. The number of carbonyl (C=O) groups excluding carboxylic acids is 1. The lowest BCUT2D eigenvalue weighted by Gasteiger charge is -2.36. The quantitative estimate of drug-likeness (QED) is 0.814. The van der Waals surface area contributed by atoms with E-state index in [1.807, 2.05) is 35.2 Å². The van der Waals surface area contributed by atoms with Gasteiger partial charge in [0.1, 0.15) is 0 Å². The molecule has 0 aromatic heterocycles. The lowest BCUT2D eigenvalue weighted by atomic mass is 9.88. The van der Waals surface area contributed by atoms with Gasteiger partial charge in [-0.25, -0.2) is 8.42 Å². The van der Waals surface area contributed by atoms with Crippen LogP contribution in [0.25, 0.3) is 10.8 Å². The highest BCUT2D eigenvalue weighted by atomic mass is 32.2. The van der Waals surface area contributed by atoms with E-state index in [0.29, 0.717) is 31.1 Å². The average Bonchev–Trinajstić information content (AvgIpc) is 2.73. The molecular formula is C21H26N2O3S. The first-order chi connectivity index (χ1) is 13.1. The normalized spacial score (nSPS) is 20.1. The third-order valence-corrected chi connectivity index (χ3v) is 7.76. The first-order valence-electron chi connectivity index (χ1n) is 9.83. The van der Waals surface area contributed by atoms with Gasteiger partial charge in [0.15, 0.2) is 0 Å². The molecule has 0 atom stereocenters. The number of piperazine rings is 1. The van der Waals surface area contributed by atoms with Gasteiger partial charge in [-0.15, -0.1) is 0 Å². The third kappa shape index (κ3) is 3.73. The largest absolute Gasteiger partial charge is 0.340 e. The molecule has 0 radical (unpaired) electrons. The SMILES string of the molecule is O=C(C1CCCCC1)N1CCN(S(=O)(=O)c2ccc3ccccc3c2)CC1. The summed E-state index contributed by atoms with van der Waals surface area (Å²) < 4.78 is 27.6. The van der Waals surface area contributed by atoms with E-state index in [-0.39, 0.29) is 11.8 Å². The topological polar surface area (TPSA) is 57.7 Å². The zero-order valence-electron chi connectivity index (χ0n) is 15.5. The summed E-state index contributed by atoms with van der Waals surface area (Å²) in [6, 6.07) is 13.0. The van der Waals surface area contributed by atoms with Crippen LogP contribution in [0.15, 0.2) is 47.4 Å². The Morgan fingerprint density at radius 3 is 2.22 bits per heavy atom. The fraction of sp³-hybridized carbons (Fsp3) is 0.476. The summed E-state index contributed by atoms with van der Waals surface area (Å²) in [6.45, 7) is 1.71. The molecule has 144 valence electrons. The summed E-state index contributed by atoms with van der Waals surface area (Å²) >= 11 is 0. The molecule has 1 amide bonds. The molecule has 1 aliphatic heterocycles. The minimum Gasteiger partial charge on any atom is -0.340 e. The van der Waals surface area contributed by atoms with Crippen LogP contribution in [0.4, 0.5) is 0 Å². The first-order valence-corrected chi connectivity index (χ1v) is 11.3. The number of rotatable bonds is 3. The number of benzene rings is 2. The Labute approximate surface area is 161 Å². The lowest BCUT2D eigenvalue weighted by Crippen LogP contribution is -2.52. The number of amides is 1. The van der Waals surface area contributed by atoms with Crippen LogP contribution < -0.4 is 0 Å². The van der Waals surface area contributed by atoms with Crippen molar-refractivity contribution >= 4 is 26.7 Å². The molecule has 0 spiro atoms. The molecule has 5 nitrogen and oxygen atoms in total. The maximum absolute atomic E-state index is 13.0. The summed E-state index contributed by atoms with van der Waals surface area (Å²) in [5.41, 5.74) is 0. The van der Waals surface area contributed by atoms with E-state index in [1.165, 1.54) is 10.7 Å². The first kappa shape index (κ1) is 18.4. The minimum absolute atomic E-state index is 0.141. The monoisotopic (exact) mass is 386 g/mol. The van der Waals surface area contributed by atoms with Gasteiger partial charge in [0.25, 0.3) is 0 Å². The van der Waals surface area contributed by atoms with Gasteiger partial charge in [0, 0.05) is 32.1 Å². The van der Waals surface area contributed by atoms with Crippen molar-refractivity contribution in [1.82, 2.24) is 9.21 Å². The van der Waals surface area contributed by atoms with E-state index in [4.69, 9.17) is 0 Å². The van der Waals surface area contributed by atoms with Crippen molar-refractivity contribution < 1.29 is 13.2 Å². The van der Waals surface area contributed by atoms with Crippen molar-refractivity contribution in [2.75, 3.05) is 26.2 Å². The van der Waals surface area contributed by atoms with Crippen molar-refractivity contribution in [2.24, 2.45) is 5.92 Å². The van der Waals surface area contributed by atoms with Crippen LogP contribution in [-0.4, -0.2) is 49.7 Å². The van der Waals surface area contributed by atoms with Gasteiger partial charge in [0.05, 0.1) is 4.90 Å². The van der Waals surface area contributed by atoms with E-state index in [2.05, 4.69) is 0 Å². The summed E-state index contributed by atoms with van der Waals surface area (Å²) in [4.78, 5) is 14.9. The summed E-state index contributed by atoms with van der Waals surface area (Å²) in [7, 11) is -3.53. The minimum atomic E-state index is -3.53. The van der Waals surface area contributed by atoms with Gasteiger partial charge >= 0.3 is 0 Å². The fourth-order valence-corrected chi connectivity index (χ4v) is 5.69. The second-order valence-corrected chi connectivity index (χ2v) is 9.51. The van der Waals surface area contributed by atoms with Gasteiger partial charge in [-0.2, -0.15) is 4.31 Å². The number of carbonyl (C=O) groups is 1. The summed E-state index contributed by atoms with van der Waals surface area (Å²) in [5, 5.41) is 1.95. The number of nitrogens with zero attached hydrogens (tertiary/aromatic N) is 2. The predicted molar refractivity (Wildman–Crippen MR) is 106 cm³/mol. The van der Waals surface area contributed by atoms with Gasteiger partial charge in [-0.1, -0.05) is 49.6 Å². The Hall–Kier alpha value is -1.92. The Balaban J connectivity index is 1.45. The highest BCUT2D eigenvalue weighted by Gasteiger charge is 2.32. The van der Waals surface area contributed by atoms with Crippen molar-refractivity contribution in [3.05, 3.63) is 42.5 Å². The van der Waals surface area contributed by atoms with E-state index in [1.54, 1.807) is 12.1 Å². The molecule has 1 saturated heterocycles. The van der Waals surface area contributed by atoms with Crippen molar-refractivity contribution in [3.63, 3.8) is 0 Å². The zero-order valence-corrected chi connectivity index (χ0v) is 16.3. The molecule has 1 aliphatic carbocycles. The van der Waals surface area contributed by atoms with Crippen molar-refractivity contribution in [1.29, 1.82) is 0 Å². The second-order valence-electron chi connectivity index (χ2n) is 7.57. The van der Waals surface area contributed by atoms with E-state index in [0.717, 1.165) is 36.5 Å². The molecule has 1 heterocycles. The summed E-state index contributed by atoms with van der Waals surface area (Å²) in [6.07, 6.45) is 5.45. The van der Waals surface area contributed by atoms with Crippen LogP contribution in [0.1, 0.15) is 32.1 Å². The van der Waals surface area contributed by atoms with Crippen LogP contribution in [0.3, 0.4) is 0 Å². The Morgan fingerprint density at radius 1 is 0.852 bits per heavy atom. The zero-order chi connectivity index (χ0) is 18.9. The molecule has 2 aromatic rings. The molecule has 0 unspecified atom stereocenters. The smallest absolute Gasteiger partial charge is 0.243 e. The van der Waals surface area contributed by atoms with Gasteiger partial charge in [0.2, 0.25) is 15.9 Å². The molecular weight excluding hydrogens is 360 g/mol. The van der Waals surface area contributed by atoms with E-state index >= 15 is 0 Å². The Morgan fingerprint density at radius 2 is 1.52 bits per heavy atom. The number of hydrogen-bond donors (Lipinski definition) is 0. The van der Waals surface area contributed by atoms with Gasteiger partial charge in [-0.3, -0.25) is 4.79 Å². The highest BCUT2D eigenvalue weighted by molar-refractivity contribution is 7.89. The van der Waals surface area contributed by atoms with Crippen LogP contribution in [0.2, 0.25) is 0 Å². The molecule has 2 aliphatic rings. The number of sulfonamides is 1. The van der Waals surface area contributed by atoms with Gasteiger partial charge in [-0.05, 0) is 35.7 Å². The molecule has 1 saturated carbocycles. The third-order valence-electron chi connectivity index (χ3n) is 5.86. The Kier molecular flexibility index (Phi) is 5.19. The Bertz CT molecular complexity index is 927. The fourth-order valence-electron chi connectivity index (χ4n) is 4.23. The lowest BCUT2D eigenvalue weighted by molar-refractivity contribution is -0.137. The van der Waals surface area contributed by atoms with E-state index < -0.39 is 10.0 Å². The van der Waals surface area contributed by atoms with Crippen molar-refractivity contribution in [2.45, 2.75) is 37.0 Å². The predicted octanol–water partition coefficient (Wildman–Crippen LogP) is 3.25. The molecule has 2 aromatic carbocycles. The van der Waals surface area contributed by atoms with Crippen LogP contribution in [0, 0.1) is 5.92 Å². The molecule has 6 heteroatoms. The maximum Gasteiger partial charge on any atom is 0.243 e. The van der Waals surface area contributed by atoms with Crippen LogP contribution in [-0.2, 0) is 14.8 Å². The molecule has 4 rings (SSSR count). The molecule has 0 bridgehead atoms. The number of hydrogen-bond acceptors (Lipinski definition) is 3. The molecule has 0 N–H and O–H groups in total. The van der Waals surface area contributed by atoms with Crippen molar-refractivity contribution in [3.8, 4) is 0 Å². The average molecular weight is 387 g/mol.